The number of hydrogen-bond acceptors (Lipinski definition) is 3. The van der Waals surface area contributed by atoms with Crippen LogP contribution in [0.3, 0.4) is 0 Å². The topological polar surface area (TPSA) is 15.7 Å². The molecule has 4 heterocycles. The Morgan fingerprint density at radius 1 is 0.857 bits per heavy atom. The lowest BCUT2D eigenvalue weighted by atomic mass is 9.85. The van der Waals surface area contributed by atoms with E-state index in [1.165, 1.54) is 32.4 Å². The molecule has 4 fully saturated rings. The van der Waals surface area contributed by atoms with Crippen LogP contribution >= 0.6 is 0 Å². The van der Waals surface area contributed by atoms with E-state index in [0.717, 1.165) is 38.4 Å². The van der Waals surface area contributed by atoms with Gasteiger partial charge in [-0.25, -0.2) is 0 Å². The normalized spacial score (nSPS) is 44.1. The van der Waals surface area contributed by atoms with Crippen molar-refractivity contribution in [3.8, 4) is 0 Å². The van der Waals surface area contributed by atoms with Gasteiger partial charge in [-0.15, -0.1) is 0 Å². The van der Waals surface area contributed by atoms with Crippen LogP contribution in [0.15, 0.2) is 0 Å². The molecular formula is C11H20N2O. The predicted molar refractivity (Wildman–Crippen MR) is 55.1 cm³/mol. The first-order valence-electron chi connectivity index (χ1n) is 5.99. The number of hydrogen-bond donors (Lipinski definition) is 0. The van der Waals surface area contributed by atoms with Gasteiger partial charge in [0.2, 0.25) is 0 Å². The molecule has 3 heteroatoms. The monoisotopic (exact) mass is 196 g/mol. The molecule has 3 nitrogen and oxygen atoms in total. The molecule has 0 aromatic rings. The van der Waals surface area contributed by atoms with Gasteiger partial charge in [0, 0.05) is 13.1 Å². The highest BCUT2D eigenvalue weighted by molar-refractivity contribution is 4.88. The Hall–Kier alpha value is -0.120. The summed E-state index contributed by atoms with van der Waals surface area (Å²) in [5.41, 5.74) is 0. The van der Waals surface area contributed by atoms with Gasteiger partial charge in [-0.05, 0) is 38.3 Å². The fourth-order valence-electron chi connectivity index (χ4n) is 3.19. The van der Waals surface area contributed by atoms with E-state index < -0.39 is 0 Å². The van der Waals surface area contributed by atoms with Crippen LogP contribution in [0.2, 0.25) is 0 Å². The molecule has 14 heavy (non-hydrogen) atoms. The molecule has 1 unspecified atom stereocenters. The highest BCUT2D eigenvalue weighted by Gasteiger charge is 2.36. The third kappa shape index (κ3) is 1.58. The Morgan fingerprint density at radius 3 is 2.07 bits per heavy atom. The van der Waals surface area contributed by atoms with E-state index in [1.807, 2.05) is 0 Å². The molecule has 4 aliphatic rings. The van der Waals surface area contributed by atoms with Crippen LogP contribution in [-0.2, 0) is 4.74 Å². The Balaban J connectivity index is 1.66. The van der Waals surface area contributed by atoms with Gasteiger partial charge in [-0.1, -0.05) is 0 Å². The molecule has 4 saturated heterocycles. The second-order valence-electron chi connectivity index (χ2n) is 4.84. The van der Waals surface area contributed by atoms with Crippen molar-refractivity contribution in [2.24, 2.45) is 5.92 Å². The zero-order valence-corrected chi connectivity index (χ0v) is 8.82. The Labute approximate surface area is 86.0 Å². The SMILES string of the molecule is C1CN(C2CC3CCN2CC3)CCO1. The number of ether oxygens (including phenoxy) is 1. The van der Waals surface area contributed by atoms with Crippen LogP contribution in [0.25, 0.3) is 0 Å². The first-order valence-corrected chi connectivity index (χ1v) is 5.99. The smallest absolute Gasteiger partial charge is 0.0626 e. The van der Waals surface area contributed by atoms with Crippen LogP contribution in [0.1, 0.15) is 19.3 Å². The van der Waals surface area contributed by atoms with Crippen molar-refractivity contribution in [3.05, 3.63) is 0 Å². The lowest BCUT2D eigenvalue weighted by Crippen LogP contribution is -2.58. The van der Waals surface area contributed by atoms with Crippen molar-refractivity contribution in [2.75, 3.05) is 39.4 Å². The zero-order chi connectivity index (χ0) is 9.38. The molecule has 2 bridgehead atoms. The first-order chi connectivity index (χ1) is 6.93. The maximum absolute atomic E-state index is 5.41. The summed E-state index contributed by atoms with van der Waals surface area (Å²) in [4.78, 5) is 5.32. The van der Waals surface area contributed by atoms with E-state index in [2.05, 4.69) is 9.80 Å². The summed E-state index contributed by atoms with van der Waals surface area (Å²) < 4.78 is 5.41. The van der Waals surface area contributed by atoms with Gasteiger partial charge in [0.25, 0.3) is 0 Å². The molecule has 0 aromatic carbocycles. The molecule has 0 amide bonds. The zero-order valence-electron chi connectivity index (χ0n) is 8.82. The van der Waals surface area contributed by atoms with Crippen LogP contribution < -0.4 is 0 Å². The molecule has 0 aromatic heterocycles. The fourth-order valence-corrected chi connectivity index (χ4v) is 3.19. The lowest BCUT2D eigenvalue weighted by molar-refractivity contribution is -0.0804. The third-order valence-electron chi connectivity index (χ3n) is 4.08. The molecular weight excluding hydrogens is 176 g/mol. The van der Waals surface area contributed by atoms with Crippen LogP contribution in [0, 0.1) is 5.92 Å². The third-order valence-corrected chi connectivity index (χ3v) is 4.08. The van der Waals surface area contributed by atoms with Crippen molar-refractivity contribution in [1.82, 2.24) is 9.80 Å². The van der Waals surface area contributed by atoms with E-state index in [1.54, 1.807) is 0 Å². The molecule has 0 aliphatic carbocycles. The number of piperidine rings is 3. The van der Waals surface area contributed by atoms with Crippen LogP contribution in [0.5, 0.6) is 0 Å². The van der Waals surface area contributed by atoms with Crippen molar-refractivity contribution in [3.63, 3.8) is 0 Å². The molecule has 80 valence electrons. The molecule has 0 radical (unpaired) electrons. The van der Waals surface area contributed by atoms with Gasteiger partial charge in [0.1, 0.15) is 0 Å². The Bertz CT molecular complexity index is 195. The summed E-state index contributed by atoms with van der Waals surface area (Å²) in [5.74, 6) is 1.02. The second-order valence-corrected chi connectivity index (χ2v) is 4.84. The highest BCUT2D eigenvalue weighted by Crippen LogP contribution is 2.33. The average molecular weight is 196 g/mol. The summed E-state index contributed by atoms with van der Waals surface area (Å²) in [6.07, 6.45) is 5.06. The minimum atomic E-state index is 0.756. The fraction of sp³-hybridized carbons (Fsp3) is 1.00. The quantitative estimate of drug-likeness (QED) is 0.616. The maximum atomic E-state index is 5.41. The summed E-state index contributed by atoms with van der Waals surface area (Å²) in [5, 5.41) is 0. The molecule has 4 aliphatic heterocycles. The number of rotatable bonds is 1. The van der Waals surface area contributed by atoms with E-state index >= 15 is 0 Å². The van der Waals surface area contributed by atoms with Crippen molar-refractivity contribution >= 4 is 0 Å². The number of morpholine rings is 1. The van der Waals surface area contributed by atoms with Crippen molar-refractivity contribution in [2.45, 2.75) is 25.4 Å². The Kier molecular flexibility index (Phi) is 2.48. The number of nitrogens with zero attached hydrogens (tertiary/aromatic N) is 2. The standard InChI is InChI=1S/C11H20N2O/c1-3-12-4-2-10(1)9-11(12)13-5-7-14-8-6-13/h10-11H,1-9H2. The summed E-state index contributed by atoms with van der Waals surface area (Å²) >= 11 is 0. The van der Waals surface area contributed by atoms with Gasteiger partial charge in [0.15, 0.2) is 0 Å². The molecule has 0 N–H and O–H groups in total. The van der Waals surface area contributed by atoms with Crippen LogP contribution in [0.4, 0.5) is 0 Å². The Morgan fingerprint density at radius 2 is 1.50 bits per heavy atom. The summed E-state index contributed by atoms with van der Waals surface area (Å²) in [6, 6.07) is 0. The van der Waals surface area contributed by atoms with E-state index in [0.29, 0.717) is 0 Å². The first kappa shape index (κ1) is 9.13. The molecule has 0 saturated carbocycles. The van der Waals surface area contributed by atoms with Gasteiger partial charge >= 0.3 is 0 Å². The maximum Gasteiger partial charge on any atom is 0.0626 e. The van der Waals surface area contributed by atoms with E-state index in [9.17, 15) is 0 Å². The van der Waals surface area contributed by atoms with E-state index in [-0.39, 0.29) is 0 Å². The minimum Gasteiger partial charge on any atom is -0.379 e. The molecule has 0 spiro atoms. The van der Waals surface area contributed by atoms with Gasteiger partial charge < -0.3 is 4.74 Å². The average Bonchev–Trinajstić information content (AvgIpc) is 2.32. The van der Waals surface area contributed by atoms with Crippen molar-refractivity contribution < 1.29 is 4.74 Å². The van der Waals surface area contributed by atoms with Gasteiger partial charge in [0.05, 0.1) is 19.4 Å². The van der Waals surface area contributed by atoms with Gasteiger partial charge in [-0.2, -0.15) is 0 Å². The lowest BCUT2D eigenvalue weighted by Gasteiger charge is -2.50. The summed E-state index contributed by atoms with van der Waals surface area (Å²) in [7, 11) is 0. The van der Waals surface area contributed by atoms with E-state index in [4.69, 9.17) is 4.74 Å². The van der Waals surface area contributed by atoms with Crippen molar-refractivity contribution in [1.29, 1.82) is 0 Å². The highest BCUT2D eigenvalue weighted by atomic mass is 16.5. The molecule has 1 atom stereocenters. The second kappa shape index (κ2) is 3.80. The summed E-state index contributed by atoms with van der Waals surface area (Å²) in [6.45, 7) is 6.85. The minimum absolute atomic E-state index is 0.756. The van der Waals surface area contributed by atoms with Crippen LogP contribution in [-0.4, -0.2) is 55.4 Å². The largest absolute Gasteiger partial charge is 0.379 e. The number of fused-ring (bicyclic) bond motifs is 3. The molecule has 4 rings (SSSR count). The predicted octanol–water partition coefficient (Wildman–Crippen LogP) is 0.760. The van der Waals surface area contributed by atoms with Gasteiger partial charge in [-0.3, -0.25) is 9.80 Å².